The van der Waals surface area contributed by atoms with E-state index in [1.807, 2.05) is 0 Å². The minimum atomic E-state index is 0.337. The fraction of sp³-hybridized carbons (Fsp3) is 0.586. The number of hydrogen-bond donors (Lipinski definition) is 0. The lowest BCUT2D eigenvalue weighted by atomic mass is 10.1. The average molecular weight is 453 g/mol. The Labute approximate surface area is 201 Å². The van der Waals surface area contributed by atoms with Crippen molar-refractivity contribution < 1.29 is 9.47 Å². The highest BCUT2D eigenvalue weighted by Gasteiger charge is 2.03. The van der Waals surface area contributed by atoms with Crippen molar-refractivity contribution in [2.45, 2.75) is 97.0 Å². The number of hydrogen-bond acceptors (Lipinski definition) is 4. The minimum Gasteiger partial charge on any atom is -0.490 e. The molecule has 0 bridgehead atoms. The average Bonchev–Trinajstić information content (AvgIpc) is 2.85. The van der Waals surface area contributed by atoms with Crippen molar-refractivity contribution in [3.8, 4) is 17.1 Å². The van der Waals surface area contributed by atoms with Crippen LogP contribution in [-0.2, 0) is 4.74 Å². The first-order chi connectivity index (χ1) is 16.2. The van der Waals surface area contributed by atoms with Gasteiger partial charge in [0.05, 0.1) is 25.1 Å². The summed E-state index contributed by atoms with van der Waals surface area (Å²) in [4.78, 5) is 8.98. The molecule has 33 heavy (non-hydrogen) atoms. The van der Waals surface area contributed by atoms with Crippen molar-refractivity contribution in [2.24, 2.45) is 0 Å². The Morgan fingerprint density at radius 2 is 1.48 bits per heavy atom. The van der Waals surface area contributed by atoms with Crippen LogP contribution in [0.4, 0.5) is 0 Å². The van der Waals surface area contributed by atoms with E-state index in [-0.39, 0.29) is 0 Å². The van der Waals surface area contributed by atoms with Gasteiger partial charge in [-0.1, -0.05) is 94.7 Å². The molecule has 1 aromatic carbocycles. The maximum atomic E-state index is 5.82. The Hall–Kier alpha value is -2.20. The molecule has 0 aliphatic heterocycles. The SMILES string of the molecule is CCCCCCCCCCCOc1cnc(-c2ccc(C=CCCCC(C)OC)cc2)nc1. The van der Waals surface area contributed by atoms with Gasteiger partial charge in [0.15, 0.2) is 11.6 Å². The molecule has 1 unspecified atom stereocenters. The smallest absolute Gasteiger partial charge is 0.159 e. The zero-order valence-electron chi connectivity index (χ0n) is 21.1. The van der Waals surface area contributed by atoms with Crippen LogP contribution in [0.25, 0.3) is 17.5 Å². The zero-order chi connectivity index (χ0) is 23.6. The van der Waals surface area contributed by atoms with E-state index in [1.165, 1.54) is 56.9 Å². The van der Waals surface area contributed by atoms with E-state index < -0.39 is 0 Å². The number of nitrogens with zero attached hydrogens (tertiary/aromatic N) is 2. The number of methoxy groups -OCH3 is 1. The van der Waals surface area contributed by atoms with Crippen molar-refractivity contribution in [1.29, 1.82) is 0 Å². The highest BCUT2D eigenvalue weighted by atomic mass is 16.5. The molecule has 4 heteroatoms. The standard InChI is InChI=1S/C29H44N2O2/c1-4-5-6-7-8-9-10-11-15-22-33-28-23-30-29(31-24-28)27-20-18-26(19-21-27)17-14-12-13-16-25(2)32-3/h14,17-21,23-25H,4-13,15-16,22H2,1-3H3. The second-order valence-electron chi connectivity index (χ2n) is 8.92. The van der Waals surface area contributed by atoms with E-state index in [9.17, 15) is 0 Å². The largest absolute Gasteiger partial charge is 0.490 e. The van der Waals surface area contributed by atoms with Gasteiger partial charge in [0.1, 0.15) is 0 Å². The lowest BCUT2D eigenvalue weighted by Gasteiger charge is -2.07. The topological polar surface area (TPSA) is 44.2 Å². The van der Waals surface area contributed by atoms with Crippen LogP contribution in [0.1, 0.15) is 96.5 Å². The fourth-order valence-electron chi connectivity index (χ4n) is 3.75. The van der Waals surface area contributed by atoms with Crippen LogP contribution in [0.5, 0.6) is 5.75 Å². The summed E-state index contributed by atoms with van der Waals surface area (Å²) < 4.78 is 11.1. The molecule has 0 amide bonds. The molecule has 0 saturated carbocycles. The predicted octanol–water partition coefficient (Wildman–Crippen LogP) is 8.27. The molecule has 2 aromatic rings. The molecule has 0 fully saturated rings. The van der Waals surface area contributed by atoms with Crippen molar-refractivity contribution in [3.05, 3.63) is 48.3 Å². The van der Waals surface area contributed by atoms with Gasteiger partial charge in [-0.2, -0.15) is 0 Å². The minimum absolute atomic E-state index is 0.337. The van der Waals surface area contributed by atoms with E-state index in [4.69, 9.17) is 9.47 Å². The molecule has 2 rings (SSSR count). The fourth-order valence-corrected chi connectivity index (χ4v) is 3.75. The summed E-state index contributed by atoms with van der Waals surface area (Å²) in [6.45, 7) is 5.12. The summed E-state index contributed by atoms with van der Waals surface area (Å²) in [5.41, 5.74) is 2.21. The highest BCUT2D eigenvalue weighted by molar-refractivity contribution is 5.59. The Balaban J connectivity index is 1.63. The summed E-state index contributed by atoms with van der Waals surface area (Å²) in [6.07, 6.45) is 23.5. The van der Waals surface area contributed by atoms with Crippen molar-refractivity contribution in [1.82, 2.24) is 9.97 Å². The summed E-state index contributed by atoms with van der Waals surface area (Å²) in [7, 11) is 1.77. The molecule has 0 radical (unpaired) electrons. The van der Waals surface area contributed by atoms with Crippen LogP contribution in [0, 0.1) is 0 Å². The summed E-state index contributed by atoms with van der Waals surface area (Å²) in [5, 5.41) is 0. The molecule has 0 saturated heterocycles. The van der Waals surface area contributed by atoms with Crippen LogP contribution in [0.3, 0.4) is 0 Å². The van der Waals surface area contributed by atoms with Gasteiger partial charge < -0.3 is 9.47 Å². The molecular formula is C29H44N2O2. The molecule has 4 nitrogen and oxygen atoms in total. The van der Waals surface area contributed by atoms with Gasteiger partial charge in [0, 0.05) is 12.7 Å². The third-order valence-corrected chi connectivity index (χ3v) is 6.01. The van der Waals surface area contributed by atoms with Gasteiger partial charge in [0.25, 0.3) is 0 Å². The van der Waals surface area contributed by atoms with Gasteiger partial charge in [-0.15, -0.1) is 0 Å². The number of aromatic nitrogens is 2. The summed E-state index contributed by atoms with van der Waals surface area (Å²) in [6, 6.07) is 8.37. The Bertz CT molecular complexity index is 756. The van der Waals surface area contributed by atoms with Crippen LogP contribution in [0.2, 0.25) is 0 Å². The molecule has 0 aliphatic rings. The van der Waals surface area contributed by atoms with E-state index in [2.05, 4.69) is 60.2 Å². The van der Waals surface area contributed by atoms with Crippen LogP contribution >= 0.6 is 0 Å². The molecule has 0 aliphatic carbocycles. The van der Waals surface area contributed by atoms with Crippen LogP contribution < -0.4 is 4.74 Å². The normalized spacial score (nSPS) is 12.3. The predicted molar refractivity (Wildman–Crippen MR) is 140 cm³/mol. The number of benzene rings is 1. The molecule has 182 valence electrons. The molecule has 1 atom stereocenters. The van der Waals surface area contributed by atoms with Gasteiger partial charge in [0.2, 0.25) is 0 Å². The maximum Gasteiger partial charge on any atom is 0.159 e. The van der Waals surface area contributed by atoms with Crippen LogP contribution in [-0.4, -0.2) is 29.8 Å². The van der Waals surface area contributed by atoms with E-state index in [0.717, 1.165) is 49.4 Å². The molecule has 0 spiro atoms. The van der Waals surface area contributed by atoms with Crippen LogP contribution in [0.15, 0.2) is 42.7 Å². The van der Waals surface area contributed by atoms with Gasteiger partial charge in [-0.25, -0.2) is 9.97 Å². The first-order valence-corrected chi connectivity index (χ1v) is 13.0. The Morgan fingerprint density at radius 1 is 0.848 bits per heavy atom. The second-order valence-corrected chi connectivity index (χ2v) is 8.92. The first-order valence-electron chi connectivity index (χ1n) is 13.0. The molecular weight excluding hydrogens is 408 g/mol. The second kappa shape index (κ2) is 17.3. The Morgan fingerprint density at radius 3 is 2.12 bits per heavy atom. The third kappa shape index (κ3) is 12.0. The van der Waals surface area contributed by atoms with Gasteiger partial charge >= 0.3 is 0 Å². The van der Waals surface area contributed by atoms with Gasteiger partial charge in [-0.05, 0) is 38.2 Å². The van der Waals surface area contributed by atoms with Gasteiger partial charge in [-0.3, -0.25) is 0 Å². The Kier molecular flexibility index (Phi) is 14.2. The van der Waals surface area contributed by atoms with Crippen molar-refractivity contribution >= 4 is 6.08 Å². The molecule has 1 aromatic heterocycles. The quantitative estimate of drug-likeness (QED) is 0.213. The van der Waals surface area contributed by atoms with Crippen molar-refractivity contribution in [3.63, 3.8) is 0 Å². The maximum absolute atomic E-state index is 5.82. The first kappa shape index (κ1) is 27.0. The lowest BCUT2D eigenvalue weighted by Crippen LogP contribution is -2.03. The number of unbranched alkanes of at least 4 members (excludes halogenated alkanes) is 9. The summed E-state index contributed by atoms with van der Waals surface area (Å²) in [5.74, 6) is 1.48. The highest BCUT2D eigenvalue weighted by Crippen LogP contribution is 2.18. The molecule has 0 N–H and O–H groups in total. The lowest BCUT2D eigenvalue weighted by molar-refractivity contribution is 0.109. The zero-order valence-corrected chi connectivity index (χ0v) is 21.1. The number of rotatable bonds is 18. The monoisotopic (exact) mass is 452 g/mol. The molecule has 1 heterocycles. The van der Waals surface area contributed by atoms with E-state index in [1.54, 1.807) is 19.5 Å². The third-order valence-electron chi connectivity index (χ3n) is 6.01. The van der Waals surface area contributed by atoms with Crippen molar-refractivity contribution in [2.75, 3.05) is 13.7 Å². The van der Waals surface area contributed by atoms with E-state index >= 15 is 0 Å². The number of allylic oxidation sites excluding steroid dienone is 1. The number of ether oxygens (including phenoxy) is 2. The van der Waals surface area contributed by atoms with E-state index in [0.29, 0.717) is 6.10 Å². The summed E-state index contributed by atoms with van der Waals surface area (Å²) >= 11 is 0.